The smallest absolute Gasteiger partial charge is 0.258 e. The van der Waals surface area contributed by atoms with Crippen LogP contribution in [0.1, 0.15) is 18.5 Å². The van der Waals surface area contributed by atoms with Crippen LogP contribution in [0.2, 0.25) is 0 Å². The zero-order valence-corrected chi connectivity index (χ0v) is 14.1. The molecule has 2 aromatic rings. The molecule has 1 amide bonds. The van der Waals surface area contributed by atoms with E-state index in [4.69, 9.17) is 14.2 Å². The molecule has 0 spiro atoms. The maximum atomic E-state index is 13.5. The molecule has 1 N–H and O–H groups in total. The number of ether oxygens (including phenoxy) is 3. The van der Waals surface area contributed by atoms with Crippen molar-refractivity contribution in [3.8, 4) is 17.2 Å². The van der Waals surface area contributed by atoms with Crippen molar-refractivity contribution in [3.05, 3.63) is 53.6 Å². The molecule has 0 aliphatic carbocycles. The summed E-state index contributed by atoms with van der Waals surface area (Å²) in [4.78, 5) is 12.0. The first-order valence-corrected chi connectivity index (χ1v) is 7.53. The first kappa shape index (κ1) is 18.5. The Labute approximate surface area is 144 Å². The number of halogens is 2. The number of hydrogen-bond donors (Lipinski definition) is 1. The summed E-state index contributed by atoms with van der Waals surface area (Å²) in [5, 5.41) is 2.73. The summed E-state index contributed by atoms with van der Waals surface area (Å²) >= 11 is 0. The van der Waals surface area contributed by atoms with Crippen LogP contribution < -0.4 is 19.5 Å². The molecule has 2 aromatic carbocycles. The van der Waals surface area contributed by atoms with Gasteiger partial charge in [-0.15, -0.1) is 0 Å². The Morgan fingerprint density at radius 1 is 1.08 bits per heavy atom. The quantitative estimate of drug-likeness (QED) is 0.832. The van der Waals surface area contributed by atoms with Crippen LogP contribution in [-0.2, 0) is 4.79 Å². The SMILES string of the molecule is COc1ccc(OC)c(C(C)NC(=O)COc2ccc(F)cc2F)c1. The molecule has 0 radical (unpaired) electrons. The van der Waals surface area contributed by atoms with Gasteiger partial charge < -0.3 is 19.5 Å². The molecule has 0 saturated heterocycles. The van der Waals surface area contributed by atoms with Crippen molar-refractivity contribution in [2.45, 2.75) is 13.0 Å². The first-order valence-electron chi connectivity index (χ1n) is 7.53. The molecule has 5 nitrogen and oxygen atoms in total. The third-order valence-electron chi connectivity index (χ3n) is 3.53. The highest BCUT2D eigenvalue weighted by Crippen LogP contribution is 2.29. The summed E-state index contributed by atoms with van der Waals surface area (Å²) in [5.74, 6) is -1.01. The lowest BCUT2D eigenvalue weighted by Gasteiger charge is -2.18. The third kappa shape index (κ3) is 4.82. The van der Waals surface area contributed by atoms with E-state index in [2.05, 4.69) is 5.32 Å². The maximum Gasteiger partial charge on any atom is 0.258 e. The van der Waals surface area contributed by atoms with E-state index in [1.54, 1.807) is 32.2 Å². The molecule has 134 valence electrons. The van der Waals surface area contributed by atoms with Crippen LogP contribution in [0.5, 0.6) is 17.2 Å². The van der Waals surface area contributed by atoms with Gasteiger partial charge in [0.25, 0.3) is 5.91 Å². The van der Waals surface area contributed by atoms with Gasteiger partial charge >= 0.3 is 0 Å². The van der Waals surface area contributed by atoms with Gasteiger partial charge in [0.15, 0.2) is 18.2 Å². The second kappa shape index (κ2) is 8.32. The highest BCUT2D eigenvalue weighted by atomic mass is 19.1. The zero-order valence-electron chi connectivity index (χ0n) is 14.1. The molecular weight excluding hydrogens is 332 g/mol. The van der Waals surface area contributed by atoms with Crippen LogP contribution in [0.3, 0.4) is 0 Å². The molecule has 2 rings (SSSR count). The summed E-state index contributed by atoms with van der Waals surface area (Å²) in [6, 6.07) is 7.73. The lowest BCUT2D eigenvalue weighted by atomic mass is 10.1. The summed E-state index contributed by atoms with van der Waals surface area (Å²) in [7, 11) is 3.07. The topological polar surface area (TPSA) is 56.8 Å². The minimum absolute atomic E-state index is 0.192. The molecule has 0 fully saturated rings. The lowest BCUT2D eigenvalue weighted by molar-refractivity contribution is -0.123. The molecule has 0 saturated carbocycles. The van der Waals surface area contributed by atoms with Crippen molar-refractivity contribution >= 4 is 5.91 Å². The predicted molar refractivity (Wildman–Crippen MR) is 88.0 cm³/mol. The van der Waals surface area contributed by atoms with Crippen molar-refractivity contribution in [1.82, 2.24) is 5.32 Å². The zero-order chi connectivity index (χ0) is 18.4. The van der Waals surface area contributed by atoms with Crippen molar-refractivity contribution in [3.63, 3.8) is 0 Å². The van der Waals surface area contributed by atoms with Crippen LogP contribution >= 0.6 is 0 Å². The van der Waals surface area contributed by atoms with Gasteiger partial charge in [-0.05, 0) is 37.3 Å². The minimum atomic E-state index is -0.865. The second-order valence-corrected chi connectivity index (χ2v) is 5.26. The van der Waals surface area contributed by atoms with Gasteiger partial charge in [-0.25, -0.2) is 8.78 Å². The summed E-state index contributed by atoms with van der Waals surface area (Å²) in [6.45, 7) is 1.37. The van der Waals surface area contributed by atoms with Crippen molar-refractivity contribution < 1.29 is 27.8 Å². The fraction of sp³-hybridized carbons (Fsp3) is 0.278. The van der Waals surface area contributed by atoms with Gasteiger partial charge in [-0.1, -0.05) is 0 Å². The summed E-state index contributed by atoms with van der Waals surface area (Å²) < 4.78 is 41.9. The Bertz CT molecular complexity index is 752. The normalized spacial score (nSPS) is 11.6. The van der Waals surface area contributed by atoms with Gasteiger partial charge in [0.05, 0.1) is 20.3 Å². The fourth-order valence-electron chi connectivity index (χ4n) is 2.27. The van der Waals surface area contributed by atoms with Gasteiger partial charge in [-0.2, -0.15) is 0 Å². The van der Waals surface area contributed by atoms with Crippen LogP contribution in [0.25, 0.3) is 0 Å². The molecule has 0 aliphatic rings. The average Bonchev–Trinajstić information content (AvgIpc) is 2.60. The number of methoxy groups -OCH3 is 2. The standard InChI is InChI=1S/C18H19F2NO4/c1-11(14-9-13(23-2)5-7-16(14)24-3)21-18(22)10-25-17-6-4-12(19)8-15(17)20/h4-9,11H,10H2,1-3H3,(H,21,22). The van der Waals surface area contributed by atoms with Crippen LogP contribution in [0.4, 0.5) is 8.78 Å². The maximum absolute atomic E-state index is 13.5. The lowest BCUT2D eigenvalue weighted by Crippen LogP contribution is -2.31. The van der Waals surface area contributed by atoms with Gasteiger partial charge in [0, 0.05) is 11.6 Å². The number of carbonyl (C=O) groups is 1. The minimum Gasteiger partial charge on any atom is -0.497 e. The molecule has 0 bridgehead atoms. The fourth-order valence-corrected chi connectivity index (χ4v) is 2.27. The highest BCUT2D eigenvalue weighted by molar-refractivity contribution is 5.78. The van der Waals surface area contributed by atoms with E-state index in [1.165, 1.54) is 7.11 Å². The average molecular weight is 351 g/mol. The van der Waals surface area contributed by atoms with Crippen molar-refractivity contribution in [2.24, 2.45) is 0 Å². The second-order valence-electron chi connectivity index (χ2n) is 5.26. The Kier molecular flexibility index (Phi) is 6.16. The molecule has 0 aliphatic heterocycles. The monoisotopic (exact) mass is 351 g/mol. The molecule has 1 atom stereocenters. The van der Waals surface area contributed by atoms with Crippen molar-refractivity contribution in [2.75, 3.05) is 20.8 Å². The molecule has 1 unspecified atom stereocenters. The van der Waals surface area contributed by atoms with Crippen molar-refractivity contribution in [1.29, 1.82) is 0 Å². The number of amides is 1. The number of hydrogen-bond acceptors (Lipinski definition) is 4. The van der Waals surface area contributed by atoms with Gasteiger partial charge in [0.2, 0.25) is 0 Å². The van der Waals surface area contributed by atoms with E-state index >= 15 is 0 Å². The van der Waals surface area contributed by atoms with Gasteiger partial charge in [-0.3, -0.25) is 4.79 Å². The van der Waals surface area contributed by atoms with Crippen LogP contribution in [-0.4, -0.2) is 26.7 Å². The van der Waals surface area contributed by atoms with Crippen LogP contribution in [0.15, 0.2) is 36.4 Å². The number of nitrogens with one attached hydrogen (secondary N) is 1. The number of rotatable bonds is 7. The number of benzene rings is 2. The number of carbonyl (C=O) groups excluding carboxylic acids is 1. The largest absolute Gasteiger partial charge is 0.497 e. The van der Waals surface area contributed by atoms with Gasteiger partial charge in [0.1, 0.15) is 17.3 Å². The molecule has 25 heavy (non-hydrogen) atoms. The highest BCUT2D eigenvalue weighted by Gasteiger charge is 2.16. The van der Waals surface area contributed by atoms with E-state index in [9.17, 15) is 13.6 Å². The molecule has 0 heterocycles. The Balaban J connectivity index is 2.00. The Hall–Kier alpha value is -2.83. The summed E-state index contributed by atoms with van der Waals surface area (Å²) in [6.07, 6.45) is 0. The molecule has 0 aromatic heterocycles. The van der Waals surface area contributed by atoms with E-state index in [0.29, 0.717) is 17.6 Å². The van der Waals surface area contributed by atoms with Crippen LogP contribution in [0, 0.1) is 11.6 Å². The third-order valence-corrected chi connectivity index (χ3v) is 3.53. The Morgan fingerprint density at radius 2 is 1.80 bits per heavy atom. The Morgan fingerprint density at radius 3 is 2.44 bits per heavy atom. The predicted octanol–water partition coefficient (Wildman–Crippen LogP) is 3.24. The van der Waals surface area contributed by atoms with E-state index in [1.807, 2.05) is 0 Å². The van der Waals surface area contributed by atoms with E-state index < -0.39 is 24.1 Å². The van der Waals surface area contributed by atoms with E-state index in [-0.39, 0.29) is 11.8 Å². The first-order chi connectivity index (χ1) is 11.9. The molecule has 7 heteroatoms. The summed E-state index contributed by atoms with van der Waals surface area (Å²) in [5.41, 5.74) is 0.725. The molecular formula is C18H19F2NO4. The van der Waals surface area contributed by atoms with E-state index in [0.717, 1.165) is 17.7 Å².